The van der Waals surface area contributed by atoms with Crippen molar-refractivity contribution in [2.75, 3.05) is 18.0 Å². The van der Waals surface area contributed by atoms with Crippen molar-refractivity contribution >= 4 is 11.5 Å². The lowest BCUT2D eigenvalue weighted by Gasteiger charge is -2.34. The lowest BCUT2D eigenvalue weighted by Crippen LogP contribution is -2.34. The van der Waals surface area contributed by atoms with Crippen LogP contribution in [0.15, 0.2) is 55.0 Å². The SMILES string of the molecule is Cc1cc2nccn2cc1-c1nc(N2CCC(c3ccccc3)CC2)c(C)nc1C. The Morgan fingerprint density at radius 1 is 0.933 bits per heavy atom. The molecule has 5 rings (SSSR count). The second-order valence-electron chi connectivity index (χ2n) is 8.30. The minimum Gasteiger partial charge on any atom is -0.355 e. The first-order chi connectivity index (χ1) is 14.6. The topological polar surface area (TPSA) is 46.3 Å². The maximum Gasteiger partial charge on any atom is 0.150 e. The summed E-state index contributed by atoms with van der Waals surface area (Å²) in [5.74, 6) is 1.65. The molecule has 3 aromatic heterocycles. The molecule has 5 heteroatoms. The van der Waals surface area contributed by atoms with Gasteiger partial charge in [0.25, 0.3) is 0 Å². The maximum absolute atomic E-state index is 5.15. The number of rotatable bonds is 3. The van der Waals surface area contributed by atoms with Crippen molar-refractivity contribution in [2.45, 2.75) is 39.5 Å². The Balaban J connectivity index is 1.46. The van der Waals surface area contributed by atoms with Crippen LogP contribution in [0, 0.1) is 20.8 Å². The van der Waals surface area contributed by atoms with Gasteiger partial charge < -0.3 is 9.30 Å². The van der Waals surface area contributed by atoms with E-state index in [0.717, 1.165) is 60.0 Å². The second kappa shape index (κ2) is 7.56. The Hall–Kier alpha value is -3.21. The zero-order chi connectivity index (χ0) is 20.7. The van der Waals surface area contributed by atoms with Gasteiger partial charge in [-0.05, 0) is 56.7 Å². The average Bonchev–Trinajstić information content (AvgIpc) is 3.21. The van der Waals surface area contributed by atoms with Crippen LogP contribution in [0.25, 0.3) is 16.9 Å². The fourth-order valence-electron chi connectivity index (χ4n) is 4.63. The van der Waals surface area contributed by atoms with E-state index in [9.17, 15) is 0 Å². The summed E-state index contributed by atoms with van der Waals surface area (Å²) < 4.78 is 2.05. The number of fused-ring (bicyclic) bond motifs is 1. The first-order valence-electron chi connectivity index (χ1n) is 10.7. The van der Waals surface area contributed by atoms with Crippen LogP contribution >= 0.6 is 0 Å². The predicted octanol–water partition coefficient (Wildman–Crippen LogP) is 5.10. The first kappa shape index (κ1) is 18.8. The molecule has 5 nitrogen and oxygen atoms in total. The zero-order valence-corrected chi connectivity index (χ0v) is 17.8. The van der Waals surface area contributed by atoms with Crippen molar-refractivity contribution in [2.24, 2.45) is 0 Å². The fourth-order valence-corrected chi connectivity index (χ4v) is 4.63. The molecule has 1 saturated heterocycles. The molecule has 30 heavy (non-hydrogen) atoms. The molecule has 0 aliphatic carbocycles. The Morgan fingerprint density at radius 2 is 1.70 bits per heavy atom. The molecule has 0 amide bonds. The van der Waals surface area contributed by atoms with Gasteiger partial charge in [0, 0.05) is 37.2 Å². The fraction of sp³-hybridized carbons (Fsp3) is 0.320. The van der Waals surface area contributed by atoms with Gasteiger partial charge in [-0.25, -0.2) is 9.97 Å². The summed E-state index contributed by atoms with van der Waals surface area (Å²) in [4.78, 5) is 16.8. The Morgan fingerprint density at radius 3 is 2.47 bits per heavy atom. The highest BCUT2D eigenvalue weighted by Gasteiger charge is 2.24. The normalized spacial score (nSPS) is 15.1. The van der Waals surface area contributed by atoms with E-state index in [-0.39, 0.29) is 0 Å². The van der Waals surface area contributed by atoms with E-state index in [2.05, 4.69) is 73.3 Å². The largest absolute Gasteiger partial charge is 0.355 e. The molecule has 0 radical (unpaired) electrons. The number of anilines is 1. The van der Waals surface area contributed by atoms with Crippen LogP contribution in [0.4, 0.5) is 5.82 Å². The van der Waals surface area contributed by atoms with Gasteiger partial charge in [-0.2, -0.15) is 0 Å². The number of piperidine rings is 1. The Bertz CT molecular complexity index is 1190. The monoisotopic (exact) mass is 397 g/mol. The second-order valence-corrected chi connectivity index (χ2v) is 8.30. The van der Waals surface area contributed by atoms with Crippen LogP contribution in [-0.2, 0) is 0 Å². The molecule has 0 bridgehead atoms. The minimum absolute atomic E-state index is 0.631. The van der Waals surface area contributed by atoms with Gasteiger partial charge >= 0.3 is 0 Å². The number of hydrogen-bond acceptors (Lipinski definition) is 4. The molecule has 1 fully saturated rings. The molecule has 1 aliphatic rings. The number of benzene rings is 1. The molecule has 0 atom stereocenters. The van der Waals surface area contributed by atoms with Crippen LogP contribution in [0.5, 0.6) is 0 Å². The van der Waals surface area contributed by atoms with Gasteiger partial charge in [0.2, 0.25) is 0 Å². The Kier molecular flexibility index (Phi) is 4.74. The highest BCUT2D eigenvalue weighted by Crippen LogP contribution is 2.33. The lowest BCUT2D eigenvalue weighted by atomic mass is 9.89. The van der Waals surface area contributed by atoms with E-state index in [1.54, 1.807) is 0 Å². The van der Waals surface area contributed by atoms with E-state index < -0.39 is 0 Å². The van der Waals surface area contributed by atoms with Crippen molar-refractivity contribution in [1.82, 2.24) is 19.4 Å². The Labute approximate surface area is 177 Å². The number of nitrogens with zero attached hydrogens (tertiary/aromatic N) is 5. The molecule has 0 spiro atoms. The van der Waals surface area contributed by atoms with Crippen LogP contribution in [0.1, 0.15) is 41.3 Å². The van der Waals surface area contributed by atoms with Crippen LogP contribution in [-0.4, -0.2) is 32.4 Å². The highest BCUT2D eigenvalue weighted by atomic mass is 15.2. The van der Waals surface area contributed by atoms with Crippen LogP contribution < -0.4 is 4.90 Å². The number of aromatic nitrogens is 4. The summed E-state index contributed by atoms with van der Waals surface area (Å²) >= 11 is 0. The zero-order valence-electron chi connectivity index (χ0n) is 17.8. The van der Waals surface area contributed by atoms with E-state index in [0.29, 0.717) is 5.92 Å². The molecule has 0 unspecified atom stereocenters. The van der Waals surface area contributed by atoms with Crippen LogP contribution in [0.3, 0.4) is 0 Å². The van der Waals surface area contributed by atoms with E-state index in [4.69, 9.17) is 9.97 Å². The van der Waals surface area contributed by atoms with Crippen molar-refractivity contribution < 1.29 is 0 Å². The average molecular weight is 398 g/mol. The molecule has 4 heterocycles. The van der Waals surface area contributed by atoms with Gasteiger partial charge in [0.1, 0.15) is 5.65 Å². The van der Waals surface area contributed by atoms with Crippen molar-refractivity contribution in [1.29, 1.82) is 0 Å². The molecule has 1 aliphatic heterocycles. The highest BCUT2D eigenvalue weighted by molar-refractivity contribution is 5.69. The summed E-state index contributed by atoms with van der Waals surface area (Å²) in [5, 5.41) is 0. The molecule has 1 aromatic carbocycles. The van der Waals surface area contributed by atoms with Gasteiger partial charge in [-0.1, -0.05) is 30.3 Å². The molecular formula is C25H27N5. The molecular weight excluding hydrogens is 370 g/mol. The third kappa shape index (κ3) is 3.34. The molecule has 0 saturated carbocycles. The van der Waals surface area contributed by atoms with Gasteiger partial charge in [-0.3, -0.25) is 4.98 Å². The summed E-state index contributed by atoms with van der Waals surface area (Å²) in [6.07, 6.45) is 8.22. The maximum atomic E-state index is 5.15. The van der Waals surface area contributed by atoms with E-state index in [1.165, 1.54) is 11.1 Å². The minimum atomic E-state index is 0.631. The third-order valence-electron chi connectivity index (χ3n) is 6.28. The predicted molar refractivity (Wildman–Crippen MR) is 121 cm³/mol. The van der Waals surface area contributed by atoms with Gasteiger partial charge in [0.15, 0.2) is 5.82 Å². The standard InChI is InChI=1S/C25H27N5/c1-17-15-23-26-11-14-30(23)16-22(17)24-18(2)27-19(3)25(28-24)29-12-9-21(10-13-29)20-7-5-4-6-8-20/h4-8,11,14-16,21H,9-10,12-13H2,1-3H3. The number of imidazole rings is 1. The van der Waals surface area contributed by atoms with Gasteiger partial charge in [0.05, 0.1) is 17.1 Å². The smallest absolute Gasteiger partial charge is 0.150 e. The summed E-state index contributed by atoms with van der Waals surface area (Å²) in [6.45, 7) is 8.27. The molecule has 152 valence electrons. The molecule has 4 aromatic rings. The summed E-state index contributed by atoms with van der Waals surface area (Å²) in [5.41, 5.74) is 7.64. The van der Waals surface area contributed by atoms with Crippen LogP contribution in [0.2, 0.25) is 0 Å². The van der Waals surface area contributed by atoms with Gasteiger partial charge in [-0.15, -0.1) is 0 Å². The van der Waals surface area contributed by atoms with E-state index in [1.807, 2.05) is 16.8 Å². The number of aryl methyl sites for hydroxylation is 3. The van der Waals surface area contributed by atoms with Crippen molar-refractivity contribution in [3.63, 3.8) is 0 Å². The van der Waals surface area contributed by atoms with Crippen molar-refractivity contribution in [3.05, 3.63) is 77.5 Å². The summed E-state index contributed by atoms with van der Waals surface area (Å²) in [7, 11) is 0. The number of hydrogen-bond donors (Lipinski definition) is 0. The quantitative estimate of drug-likeness (QED) is 0.482. The third-order valence-corrected chi connectivity index (χ3v) is 6.28. The first-order valence-corrected chi connectivity index (χ1v) is 10.7. The molecule has 0 N–H and O–H groups in total. The lowest BCUT2D eigenvalue weighted by molar-refractivity contribution is 0.501. The van der Waals surface area contributed by atoms with E-state index >= 15 is 0 Å². The van der Waals surface area contributed by atoms with Crippen molar-refractivity contribution in [3.8, 4) is 11.3 Å². The summed E-state index contributed by atoms with van der Waals surface area (Å²) in [6, 6.07) is 13.0. The number of pyridine rings is 1.